The van der Waals surface area contributed by atoms with E-state index in [0.717, 1.165) is 20.8 Å². The highest BCUT2D eigenvalue weighted by Gasteiger charge is 2.82. The van der Waals surface area contributed by atoms with Gasteiger partial charge in [0, 0.05) is 19.8 Å². The van der Waals surface area contributed by atoms with E-state index in [2.05, 4.69) is 13.3 Å². The van der Waals surface area contributed by atoms with Crippen molar-refractivity contribution in [1.29, 1.82) is 0 Å². The van der Waals surface area contributed by atoms with Crippen LogP contribution in [0.3, 0.4) is 0 Å². The molecule has 0 N–H and O–H groups in total. The first kappa shape index (κ1) is 21.5. The molecule has 12 heteroatoms. The predicted octanol–water partition coefficient (Wildman–Crippen LogP) is 3.75. The van der Waals surface area contributed by atoms with E-state index in [4.69, 9.17) is 0 Å². The summed E-state index contributed by atoms with van der Waals surface area (Å²) < 4.78 is 118. The Morgan fingerprint density at radius 3 is 1.32 bits per heavy atom. The van der Waals surface area contributed by atoms with Crippen LogP contribution in [0.25, 0.3) is 0 Å². The van der Waals surface area contributed by atoms with Gasteiger partial charge in [-0.1, -0.05) is 0 Å². The van der Waals surface area contributed by atoms with Crippen LogP contribution in [0.2, 0.25) is 0 Å². The molecule has 0 spiro atoms. The first-order chi connectivity index (χ1) is 9.84. The van der Waals surface area contributed by atoms with Crippen molar-refractivity contribution in [3.8, 4) is 0 Å². The first-order valence-corrected chi connectivity index (χ1v) is 7.94. The van der Waals surface area contributed by atoms with Gasteiger partial charge in [-0.05, 0) is 20.8 Å². The largest absolute Gasteiger partial charge is 0.582 e. The maximum atomic E-state index is 14.1. The summed E-state index contributed by atoms with van der Waals surface area (Å²) in [4.78, 5) is 0. The van der Waals surface area contributed by atoms with Gasteiger partial charge < -0.3 is 13.3 Å². The van der Waals surface area contributed by atoms with Gasteiger partial charge >= 0.3 is 26.4 Å². The molecular formula is C10H16F8O3Si. The fourth-order valence-electron chi connectivity index (χ4n) is 1.54. The van der Waals surface area contributed by atoms with Gasteiger partial charge in [-0.3, -0.25) is 0 Å². The molecule has 0 amide bonds. The molecular weight excluding hydrogens is 348 g/mol. The van der Waals surface area contributed by atoms with Crippen molar-refractivity contribution in [3.05, 3.63) is 0 Å². The van der Waals surface area contributed by atoms with Crippen molar-refractivity contribution in [3.63, 3.8) is 0 Å². The van der Waals surface area contributed by atoms with Crippen LogP contribution >= 0.6 is 0 Å². The van der Waals surface area contributed by atoms with E-state index < -0.39 is 52.4 Å². The second-order valence-electron chi connectivity index (χ2n) is 3.96. The Bertz CT molecular complexity index is 333. The summed E-state index contributed by atoms with van der Waals surface area (Å²) in [5.74, 6) is -6.11. The van der Waals surface area contributed by atoms with Crippen molar-refractivity contribution in [2.45, 2.75) is 44.6 Å². The number of hydrogen-bond acceptors (Lipinski definition) is 3. The van der Waals surface area contributed by atoms with Crippen LogP contribution < -0.4 is 0 Å². The third-order valence-electron chi connectivity index (χ3n) is 2.41. The summed E-state index contributed by atoms with van der Waals surface area (Å²) in [6.07, 6.45) is -11.3. The molecule has 3 nitrogen and oxygen atoms in total. The van der Waals surface area contributed by atoms with E-state index in [-0.39, 0.29) is 0 Å². The topological polar surface area (TPSA) is 27.7 Å². The highest BCUT2D eigenvalue weighted by Crippen LogP contribution is 2.49. The molecule has 0 aromatic heterocycles. The van der Waals surface area contributed by atoms with E-state index in [9.17, 15) is 35.1 Å². The molecule has 0 aliphatic rings. The van der Waals surface area contributed by atoms with Crippen molar-refractivity contribution >= 4 is 8.80 Å². The van der Waals surface area contributed by atoms with Crippen LogP contribution in [0.1, 0.15) is 20.8 Å². The average Bonchev–Trinajstić information content (AvgIpc) is 2.37. The van der Waals surface area contributed by atoms with Gasteiger partial charge in [-0.25, -0.2) is 4.39 Å². The van der Waals surface area contributed by atoms with Gasteiger partial charge in [-0.2, -0.15) is 30.7 Å². The Hall–Kier alpha value is -0.463. The molecule has 1 atom stereocenters. The maximum Gasteiger partial charge on any atom is 0.582 e. The molecule has 0 bridgehead atoms. The van der Waals surface area contributed by atoms with Gasteiger partial charge in [-0.15, -0.1) is 0 Å². The fraction of sp³-hybridized carbons (Fsp3) is 1.00. The summed E-state index contributed by atoms with van der Waals surface area (Å²) >= 11 is 0. The minimum absolute atomic E-state index is 0.596. The normalized spacial score (nSPS) is 16.0. The third kappa shape index (κ3) is 3.89. The average molecular weight is 364 g/mol. The lowest BCUT2D eigenvalue weighted by Crippen LogP contribution is -2.71. The van der Waals surface area contributed by atoms with E-state index >= 15 is 0 Å². The van der Waals surface area contributed by atoms with E-state index in [1.54, 1.807) is 0 Å². The molecule has 0 radical (unpaired) electrons. The lowest BCUT2D eigenvalue weighted by molar-refractivity contribution is -0.297. The zero-order valence-corrected chi connectivity index (χ0v) is 12.9. The summed E-state index contributed by atoms with van der Waals surface area (Å²) in [6.45, 7) is 1.60. The molecule has 1 unspecified atom stereocenters. The standard InChI is InChI=1S/C10H16F8O3Si/c1-4-19-22(20-5-2,21-6-3)10(17,18)8(12,13)7(11)9(14,15)16/h7H,4-6H2,1-3H3. The van der Waals surface area contributed by atoms with Crippen LogP contribution in [0.5, 0.6) is 0 Å². The van der Waals surface area contributed by atoms with Gasteiger partial charge in [0.2, 0.25) is 0 Å². The van der Waals surface area contributed by atoms with Gasteiger partial charge in [0.05, 0.1) is 0 Å². The second kappa shape index (κ2) is 7.40. The van der Waals surface area contributed by atoms with Crippen molar-refractivity contribution in [2.24, 2.45) is 0 Å². The zero-order valence-electron chi connectivity index (χ0n) is 11.9. The molecule has 0 aliphatic carbocycles. The van der Waals surface area contributed by atoms with Crippen molar-refractivity contribution < 1.29 is 48.4 Å². The Kier molecular flexibility index (Phi) is 7.25. The minimum Gasteiger partial charge on any atom is -0.370 e. The highest BCUT2D eigenvalue weighted by molar-refractivity contribution is 6.63. The van der Waals surface area contributed by atoms with Crippen LogP contribution in [-0.2, 0) is 13.3 Å². The molecule has 0 rings (SSSR count). The van der Waals surface area contributed by atoms with Crippen molar-refractivity contribution in [2.75, 3.05) is 19.8 Å². The molecule has 0 fully saturated rings. The van der Waals surface area contributed by atoms with E-state index in [1.165, 1.54) is 0 Å². The Morgan fingerprint density at radius 2 is 1.09 bits per heavy atom. The molecule has 0 saturated carbocycles. The molecule has 0 aromatic rings. The molecule has 22 heavy (non-hydrogen) atoms. The van der Waals surface area contributed by atoms with Crippen LogP contribution in [0.4, 0.5) is 35.1 Å². The molecule has 0 saturated heterocycles. The summed E-state index contributed by atoms with van der Waals surface area (Å²) in [7, 11) is -5.62. The zero-order chi connectivity index (χ0) is 17.8. The Labute approximate surface area is 122 Å². The van der Waals surface area contributed by atoms with Gasteiger partial charge in [0.1, 0.15) is 0 Å². The molecule has 0 heterocycles. The predicted molar refractivity (Wildman–Crippen MR) is 61.5 cm³/mol. The second-order valence-corrected chi connectivity index (χ2v) is 6.56. The third-order valence-corrected chi connectivity index (χ3v) is 5.52. The first-order valence-electron chi connectivity index (χ1n) is 6.22. The smallest absolute Gasteiger partial charge is 0.370 e. The molecule has 134 valence electrons. The number of halogens is 8. The molecule has 0 aromatic carbocycles. The summed E-state index contributed by atoms with van der Waals surface area (Å²) in [5, 5.41) is 0. The summed E-state index contributed by atoms with van der Waals surface area (Å²) in [5.41, 5.74) is -5.61. The Morgan fingerprint density at radius 1 is 0.773 bits per heavy atom. The SMILES string of the molecule is CCO[Si](OCC)(OCC)C(F)(F)C(F)(F)C(F)C(F)(F)F. The minimum atomic E-state index is -6.18. The number of alkyl halides is 8. The van der Waals surface area contributed by atoms with E-state index in [1.807, 2.05) is 0 Å². The number of hydrogen-bond donors (Lipinski definition) is 0. The highest BCUT2D eigenvalue weighted by atomic mass is 28.4. The fourth-order valence-corrected chi connectivity index (χ4v) is 4.00. The van der Waals surface area contributed by atoms with Crippen molar-refractivity contribution in [1.82, 2.24) is 0 Å². The number of rotatable bonds is 9. The maximum absolute atomic E-state index is 14.1. The van der Waals surface area contributed by atoms with Crippen LogP contribution in [0, 0.1) is 0 Å². The Balaban J connectivity index is 5.95. The quantitative estimate of drug-likeness (QED) is 0.461. The lowest BCUT2D eigenvalue weighted by Gasteiger charge is -2.39. The summed E-state index contributed by atoms with van der Waals surface area (Å²) in [6, 6.07) is 0. The molecule has 0 aliphatic heterocycles. The monoisotopic (exact) mass is 364 g/mol. The van der Waals surface area contributed by atoms with Crippen LogP contribution in [0.15, 0.2) is 0 Å². The van der Waals surface area contributed by atoms with Gasteiger partial charge in [0.25, 0.3) is 6.17 Å². The lowest BCUT2D eigenvalue weighted by atomic mass is 10.2. The van der Waals surface area contributed by atoms with Crippen LogP contribution in [-0.4, -0.2) is 52.4 Å². The van der Waals surface area contributed by atoms with Gasteiger partial charge in [0.15, 0.2) is 0 Å². The van der Waals surface area contributed by atoms with E-state index in [0.29, 0.717) is 0 Å².